The van der Waals surface area contributed by atoms with E-state index in [1.54, 1.807) is 42.6 Å². The molecule has 42 heavy (non-hydrogen) atoms. The Bertz CT molecular complexity index is 1720. The van der Waals surface area contributed by atoms with Crippen molar-refractivity contribution in [2.24, 2.45) is 0 Å². The molecule has 0 bridgehead atoms. The standard InChI is InChI=1S/C31H29FN6O4/c32-24-14-20(16-33)4-5-23(24)19-42-29-3-1-2-25(36-29)21-8-11-37(12-9-21)17-28-35-26-7-6-22(31(39)40)15-27(26)38(28)18-30-34-10-13-41-30/h1-7,10,13-15,21,31,39-40H,8-9,11-12,17-19H2. The van der Waals surface area contributed by atoms with Crippen LogP contribution >= 0.6 is 0 Å². The number of piperidine rings is 1. The molecule has 1 aliphatic heterocycles. The molecule has 1 saturated heterocycles. The maximum atomic E-state index is 14.2. The molecule has 4 heterocycles. The first-order valence-electron chi connectivity index (χ1n) is 13.7. The SMILES string of the molecule is N#Cc1ccc(COc2cccc(C3CCN(Cc4nc5ccc(C(O)O)cc5n4Cc4ncco4)CC3)n2)c(F)c1. The number of aromatic nitrogens is 4. The van der Waals surface area contributed by atoms with E-state index < -0.39 is 12.1 Å². The van der Waals surface area contributed by atoms with E-state index in [1.165, 1.54) is 12.3 Å². The van der Waals surface area contributed by atoms with Crippen molar-refractivity contribution in [1.82, 2.24) is 24.4 Å². The Morgan fingerprint density at radius 3 is 2.67 bits per heavy atom. The van der Waals surface area contributed by atoms with Crippen LogP contribution in [0.3, 0.4) is 0 Å². The van der Waals surface area contributed by atoms with Crippen molar-refractivity contribution in [1.29, 1.82) is 5.26 Å². The Balaban J connectivity index is 1.12. The predicted molar refractivity (Wildman–Crippen MR) is 149 cm³/mol. The summed E-state index contributed by atoms with van der Waals surface area (Å²) < 4.78 is 27.5. The summed E-state index contributed by atoms with van der Waals surface area (Å²) in [7, 11) is 0. The maximum Gasteiger partial charge on any atom is 0.213 e. The van der Waals surface area contributed by atoms with Gasteiger partial charge in [0.1, 0.15) is 31.1 Å². The van der Waals surface area contributed by atoms with E-state index in [4.69, 9.17) is 24.4 Å². The van der Waals surface area contributed by atoms with Gasteiger partial charge in [-0.1, -0.05) is 18.2 Å². The zero-order valence-corrected chi connectivity index (χ0v) is 22.7. The molecule has 2 N–H and O–H groups in total. The van der Waals surface area contributed by atoms with Gasteiger partial charge in [-0.3, -0.25) is 4.90 Å². The third kappa shape index (κ3) is 6.01. The van der Waals surface area contributed by atoms with Crippen molar-refractivity contribution in [2.75, 3.05) is 13.1 Å². The minimum atomic E-state index is -1.57. The molecule has 0 aliphatic carbocycles. The van der Waals surface area contributed by atoms with Crippen molar-refractivity contribution >= 4 is 11.0 Å². The molecule has 0 saturated carbocycles. The number of nitriles is 1. The average molecular weight is 569 g/mol. The Morgan fingerprint density at radius 1 is 1.07 bits per heavy atom. The van der Waals surface area contributed by atoms with E-state index in [1.807, 2.05) is 22.8 Å². The van der Waals surface area contributed by atoms with Crippen molar-refractivity contribution in [2.45, 2.75) is 44.7 Å². The van der Waals surface area contributed by atoms with Gasteiger partial charge in [-0.25, -0.2) is 19.3 Å². The van der Waals surface area contributed by atoms with Crippen LogP contribution < -0.4 is 4.74 Å². The van der Waals surface area contributed by atoms with E-state index in [9.17, 15) is 14.6 Å². The number of aliphatic hydroxyl groups excluding tert-OH is 1. The highest BCUT2D eigenvalue weighted by Crippen LogP contribution is 2.30. The van der Waals surface area contributed by atoms with Crippen LogP contribution in [0.25, 0.3) is 11.0 Å². The maximum absolute atomic E-state index is 14.2. The van der Waals surface area contributed by atoms with E-state index in [-0.39, 0.29) is 18.1 Å². The lowest BCUT2D eigenvalue weighted by Crippen LogP contribution is -2.33. The van der Waals surface area contributed by atoms with Crippen LogP contribution in [-0.4, -0.2) is 47.7 Å². The summed E-state index contributed by atoms with van der Waals surface area (Å²) in [5.41, 5.74) is 3.52. The summed E-state index contributed by atoms with van der Waals surface area (Å²) >= 11 is 0. The smallest absolute Gasteiger partial charge is 0.213 e. The number of likely N-dealkylation sites (tertiary alicyclic amines) is 1. The summed E-state index contributed by atoms with van der Waals surface area (Å²) in [5, 5.41) is 28.3. The van der Waals surface area contributed by atoms with Crippen LogP contribution in [0.4, 0.5) is 4.39 Å². The molecule has 11 heteroatoms. The van der Waals surface area contributed by atoms with E-state index >= 15 is 0 Å². The first kappa shape index (κ1) is 27.5. The van der Waals surface area contributed by atoms with Crippen LogP contribution in [0.1, 0.15) is 59.1 Å². The molecule has 0 amide bonds. The van der Waals surface area contributed by atoms with E-state index in [0.29, 0.717) is 36.0 Å². The number of halogens is 1. The molecular weight excluding hydrogens is 539 g/mol. The molecule has 0 atom stereocenters. The number of rotatable bonds is 9. The highest BCUT2D eigenvalue weighted by atomic mass is 19.1. The fourth-order valence-corrected chi connectivity index (χ4v) is 5.32. The van der Waals surface area contributed by atoms with Crippen LogP contribution in [0.15, 0.2) is 71.5 Å². The molecule has 1 fully saturated rings. The van der Waals surface area contributed by atoms with E-state index in [2.05, 4.69) is 9.88 Å². The molecule has 3 aromatic heterocycles. The number of hydrogen-bond acceptors (Lipinski definition) is 9. The second kappa shape index (κ2) is 12.1. The molecule has 1 aliphatic rings. The van der Waals surface area contributed by atoms with Crippen LogP contribution in [0.5, 0.6) is 5.88 Å². The molecule has 2 aromatic carbocycles. The lowest BCUT2D eigenvalue weighted by molar-refractivity contribution is -0.0424. The first-order chi connectivity index (χ1) is 20.5. The fourth-order valence-electron chi connectivity index (χ4n) is 5.32. The van der Waals surface area contributed by atoms with Crippen molar-refractivity contribution in [3.8, 4) is 11.9 Å². The van der Waals surface area contributed by atoms with Gasteiger partial charge in [-0.15, -0.1) is 0 Å². The lowest BCUT2D eigenvalue weighted by Gasteiger charge is -2.31. The highest BCUT2D eigenvalue weighted by molar-refractivity contribution is 5.77. The van der Waals surface area contributed by atoms with Gasteiger partial charge in [0.15, 0.2) is 6.29 Å². The van der Waals surface area contributed by atoms with Crippen molar-refractivity contribution in [3.63, 3.8) is 0 Å². The summed E-state index contributed by atoms with van der Waals surface area (Å²) in [4.78, 5) is 16.2. The number of ether oxygens (including phenoxy) is 1. The van der Waals surface area contributed by atoms with Gasteiger partial charge >= 0.3 is 0 Å². The average Bonchev–Trinajstić information content (AvgIpc) is 3.65. The van der Waals surface area contributed by atoms with Gasteiger partial charge in [-0.05, 0) is 56.3 Å². The zero-order chi connectivity index (χ0) is 29.1. The van der Waals surface area contributed by atoms with Gasteiger partial charge in [0.05, 0.1) is 35.4 Å². The van der Waals surface area contributed by atoms with Gasteiger partial charge in [0, 0.05) is 28.8 Å². The molecule has 6 rings (SSSR count). The monoisotopic (exact) mass is 568 g/mol. The minimum Gasteiger partial charge on any atom is -0.473 e. The number of benzene rings is 2. The summed E-state index contributed by atoms with van der Waals surface area (Å²) in [6.07, 6.45) is 3.36. The second-order valence-corrected chi connectivity index (χ2v) is 10.3. The Hall–Kier alpha value is -4.63. The van der Waals surface area contributed by atoms with Gasteiger partial charge < -0.3 is 23.9 Å². The van der Waals surface area contributed by atoms with Crippen LogP contribution in [0, 0.1) is 17.1 Å². The summed E-state index contributed by atoms with van der Waals surface area (Å²) in [6.45, 7) is 2.71. The molecule has 0 unspecified atom stereocenters. The number of fused-ring (bicyclic) bond motifs is 1. The Kier molecular flexibility index (Phi) is 7.92. The number of hydrogen-bond donors (Lipinski definition) is 2. The lowest BCUT2D eigenvalue weighted by atomic mass is 9.93. The summed E-state index contributed by atoms with van der Waals surface area (Å²) in [5.74, 6) is 1.61. The number of aliphatic hydroxyl groups is 2. The van der Waals surface area contributed by atoms with Gasteiger partial charge in [0.2, 0.25) is 11.8 Å². The normalized spacial score (nSPS) is 14.5. The van der Waals surface area contributed by atoms with Crippen LogP contribution in [0.2, 0.25) is 0 Å². The third-order valence-electron chi connectivity index (χ3n) is 7.60. The van der Waals surface area contributed by atoms with Gasteiger partial charge in [0.25, 0.3) is 0 Å². The Labute approximate surface area is 241 Å². The first-order valence-corrected chi connectivity index (χ1v) is 13.7. The third-order valence-corrected chi connectivity index (χ3v) is 7.60. The van der Waals surface area contributed by atoms with Gasteiger partial charge in [-0.2, -0.15) is 5.26 Å². The molecule has 214 valence electrons. The Morgan fingerprint density at radius 2 is 1.93 bits per heavy atom. The fraction of sp³-hybridized carbons (Fsp3) is 0.290. The molecule has 5 aromatic rings. The highest BCUT2D eigenvalue weighted by Gasteiger charge is 2.24. The largest absolute Gasteiger partial charge is 0.473 e. The molecule has 10 nitrogen and oxygen atoms in total. The van der Waals surface area contributed by atoms with E-state index in [0.717, 1.165) is 48.5 Å². The number of nitrogens with zero attached hydrogens (tertiary/aromatic N) is 6. The predicted octanol–water partition coefficient (Wildman–Crippen LogP) is 4.42. The topological polar surface area (TPSA) is 133 Å². The zero-order valence-electron chi connectivity index (χ0n) is 22.7. The van der Waals surface area contributed by atoms with Crippen molar-refractivity contribution in [3.05, 3.63) is 107 Å². The van der Waals surface area contributed by atoms with Crippen LogP contribution in [-0.2, 0) is 19.7 Å². The quantitative estimate of drug-likeness (QED) is 0.248. The number of imidazole rings is 1. The number of oxazole rings is 1. The summed E-state index contributed by atoms with van der Waals surface area (Å²) in [6, 6.07) is 17.1. The molecule has 0 spiro atoms. The second-order valence-electron chi connectivity index (χ2n) is 10.3. The minimum absolute atomic E-state index is 0.0275. The molecular formula is C31H29FN6O4. The number of pyridine rings is 1. The van der Waals surface area contributed by atoms with Crippen molar-refractivity contribution < 1.29 is 23.8 Å². The molecule has 0 radical (unpaired) electrons.